The molecule has 5 heteroatoms. The fourth-order valence-corrected chi connectivity index (χ4v) is 1.36. The highest BCUT2D eigenvalue weighted by Gasteiger charge is 2.07. The van der Waals surface area contributed by atoms with Gasteiger partial charge in [0.05, 0.1) is 0 Å². The van der Waals surface area contributed by atoms with Gasteiger partial charge in [-0.3, -0.25) is 0 Å². The van der Waals surface area contributed by atoms with Crippen LogP contribution in [0.4, 0.5) is 11.6 Å². The third-order valence-electron chi connectivity index (χ3n) is 2.40. The minimum Gasteiger partial charge on any atom is -0.396 e. The predicted molar refractivity (Wildman–Crippen MR) is 60.4 cm³/mol. The van der Waals surface area contributed by atoms with Crippen molar-refractivity contribution < 1.29 is 5.11 Å². The zero-order chi connectivity index (χ0) is 11.1. The van der Waals surface area contributed by atoms with Gasteiger partial charge in [-0.1, -0.05) is 13.3 Å². The van der Waals surface area contributed by atoms with Gasteiger partial charge in [-0.15, -0.1) is 0 Å². The molecule has 1 atom stereocenters. The van der Waals surface area contributed by atoms with Crippen molar-refractivity contribution in [1.29, 1.82) is 0 Å². The molecule has 84 valence electrons. The Morgan fingerprint density at radius 2 is 2.20 bits per heavy atom. The number of nitrogens with one attached hydrogen (secondary N) is 1. The van der Waals surface area contributed by atoms with Gasteiger partial charge in [0.25, 0.3) is 0 Å². The number of aliphatic hydroxyl groups is 1. The molecule has 1 unspecified atom stereocenters. The maximum absolute atomic E-state index is 8.84. The Hall–Kier alpha value is -1.36. The summed E-state index contributed by atoms with van der Waals surface area (Å²) in [5, 5.41) is 12.0. The van der Waals surface area contributed by atoms with Crippen molar-refractivity contribution in [3.05, 3.63) is 12.4 Å². The molecule has 0 aromatic carbocycles. The fraction of sp³-hybridized carbons (Fsp3) is 0.600. The van der Waals surface area contributed by atoms with Crippen LogP contribution in [0.3, 0.4) is 0 Å². The molecule has 0 aliphatic carbocycles. The van der Waals surface area contributed by atoms with Crippen molar-refractivity contribution >= 4 is 11.6 Å². The van der Waals surface area contributed by atoms with E-state index in [9.17, 15) is 0 Å². The number of aliphatic hydroxyl groups excluding tert-OH is 1. The first kappa shape index (κ1) is 11.7. The second kappa shape index (κ2) is 6.19. The molecule has 0 radical (unpaired) electrons. The highest BCUT2D eigenvalue weighted by atomic mass is 16.3. The summed E-state index contributed by atoms with van der Waals surface area (Å²) < 4.78 is 0. The third-order valence-corrected chi connectivity index (χ3v) is 2.40. The summed E-state index contributed by atoms with van der Waals surface area (Å²) in [4.78, 5) is 8.02. The summed E-state index contributed by atoms with van der Waals surface area (Å²) in [7, 11) is 0. The molecule has 1 aromatic heterocycles. The van der Waals surface area contributed by atoms with Crippen molar-refractivity contribution in [3.63, 3.8) is 0 Å². The van der Waals surface area contributed by atoms with Gasteiger partial charge in [0.1, 0.15) is 0 Å². The summed E-state index contributed by atoms with van der Waals surface area (Å²) in [6.45, 7) is 3.08. The molecule has 0 spiro atoms. The first-order valence-corrected chi connectivity index (χ1v) is 5.19. The molecule has 4 N–H and O–H groups in total. The van der Waals surface area contributed by atoms with Crippen LogP contribution in [-0.4, -0.2) is 28.2 Å². The summed E-state index contributed by atoms with van der Waals surface area (Å²) in [5.74, 6) is 1.47. The van der Waals surface area contributed by atoms with Crippen molar-refractivity contribution in [2.45, 2.75) is 19.8 Å². The van der Waals surface area contributed by atoms with Crippen LogP contribution >= 0.6 is 0 Å². The Labute approximate surface area is 89.7 Å². The van der Waals surface area contributed by atoms with Crippen LogP contribution in [0.25, 0.3) is 0 Å². The zero-order valence-electron chi connectivity index (χ0n) is 8.98. The number of nitrogens with zero attached hydrogens (tertiary/aromatic N) is 2. The number of nitrogen functional groups attached to an aromatic ring is 1. The van der Waals surface area contributed by atoms with E-state index in [-0.39, 0.29) is 6.61 Å². The van der Waals surface area contributed by atoms with E-state index < -0.39 is 0 Å². The van der Waals surface area contributed by atoms with Gasteiger partial charge >= 0.3 is 0 Å². The van der Waals surface area contributed by atoms with Gasteiger partial charge < -0.3 is 16.2 Å². The molecule has 0 amide bonds. The van der Waals surface area contributed by atoms with Gasteiger partial charge in [-0.05, 0) is 12.3 Å². The van der Waals surface area contributed by atoms with E-state index in [4.69, 9.17) is 10.8 Å². The summed E-state index contributed by atoms with van der Waals surface area (Å²) in [5.41, 5.74) is 5.64. The van der Waals surface area contributed by atoms with Crippen LogP contribution in [0.1, 0.15) is 19.8 Å². The Balaban J connectivity index is 2.45. The van der Waals surface area contributed by atoms with Gasteiger partial charge in [0.2, 0.25) is 0 Å². The standard InChI is InChI=1S/C10H18N4O/c1-2-8(3-6-15)7-14-10-9(11)12-4-5-13-10/h4-5,8,15H,2-3,6-7H2,1H3,(H2,11,12)(H,13,14). The molecular formula is C10H18N4O. The third kappa shape index (κ3) is 3.71. The van der Waals surface area contributed by atoms with Crippen LogP contribution in [0, 0.1) is 5.92 Å². The minimum atomic E-state index is 0.218. The Morgan fingerprint density at radius 1 is 1.47 bits per heavy atom. The van der Waals surface area contributed by atoms with Gasteiger partial charge in [0.15, 0.2) is 11.6 Å². The van der Waals surface area contributed by atoms with Crippen LogP contribution < -0.4 is 11.1 Å². The maximum Gasteiger partial charge on any atom is 0.168 e. The molecule has 1 rings (SSSR count). The SMILES string of the molecule is CCC(CCO)CNc1nccnc1N. The van der Waals surface area contributed by atoms with Gasteiger partial charge in [0, 0.05) is 25.5 Å². The lowest BCUT2D eigenvalue weighted by molar-refractivity contribution is 0.258. The van der Waals surface area contributed by atoms with E-state index in [1.807, 2.05) is 0 Å². The number of nitrogens with two attached hydrogens (primary N) is 1. The molecule has 0 aliphatic rings. The zero-order valence-corrected chi connectivity index (χ0v) is 8.98. The lowest BCUT2D eigenvalue weighted by Gasteiger charge is -2.14. The first-order chi connectivity index (χ1) is 7.27. The van der Waals surface area contributed by atoms with E-state index in [0.717, 1.165) is 19.4 Å². The molecule has 0 saturated carbocycles. The molecule has 1 aromatic rings. The van der Waals surface area contributed by atoms with Crippen LogP contribution in [-0.2, 0) is 0 Å². The number of anilines is 2. The van der Waals surface area contributed by atoms with Crippen LogP contribution in [0.15, 0.2) is 12.4 Å². The van der Waals surface area contributed by atoms with Gasteiger partial charge in [-0.2, -0.15) is 0 Å². The molecule has 5 nitrogen and oxygen atoms in total. The molecule has 1 heterocycles. The average molecular weight is 210 g/mol. The molecule has 0 saturated heterocycles. The molecular weight excluding hydrogens is 192 g/mol. The number of aromatic nitrogens is 2. The van der Waals surface area contributed by atoms with E-state index in [1.54, 1.807) is 12.4 Å². The highest BCUT2D eigenvalue weighted by molar-refractivity contribution is 5.54. The highest BCUT2D eigenvalue weighted by Crippen LogP contribution is 2.13. The predicted octanol–water partition coefficient (Wildman–Crippen LogP) is 0.879. The molecule has 15 heavy (non-hydrogen) atoms. The average Bonchev–Trinajstić information content (AvgIpc) is 2.26. The lowest BCUT2D eigenvalue weighted by Crippen LogP contribution is -2.16. The quantitative estimate of drug-likeness (QED) is 0.649. The molecule has 0 bridgehead atoms. The topological polar surface area (TPSA) is 84.1 Å². The second-order valence-corrected chi connectivity index (χ2v) is 3.46. The smallest absolute Gasteiger partial charge is 0.168 e. The van der Waals surface area contributed by atoms with Crippen LogP contribution in [0.5, 0.6) is 0 Å². The minimum absolute atomic E-state index is 0.218. The van der Waals surface area contributed by atoms with Crippen molar-refractivity contribution in [2.75, 3.05) is 24.2 Å². The summed E-state index contributed by atoms with van der Waals surface area (Å²) in [6.07, 6.45) is 4.98. The molecule has 0 aliphatic heterocycles. The van der Waals surface area contributed by atoms with Crippen LogP contribution in [0.2, 0.25) is 0 Å². The normalized spacial score (nSPS) is 12.4. The monoisotopic (exact) mass is 210 g/mol. The Kier molecular flexibility index (Phi) is 4.83. The Bertz CT molecular complexity index is 293. The number of rotatable bonds is 6. The number of hydrogen-bond donors (Lipinski definition) is 3. The number of hydrogen-bond acceptors (Lipinski definition) is 5. The summed E-state index contributed by atoms with van der Waals surface area (Å²) >= 11 is 0. The van der Waals surface area contributed by atoms with Crippen molar-refractivity contribution in [2.24, 2.45) is 5.92 Å². The van der Waals surface area contributed by atoms with Crippen molar-refractivity contribution in [3.8, 4) is 0 Å². The van der Waals surface area contributed by atoms with Gasteiger partial charge in [-0.25, -0.2) is 9.97 Å². The van der Waals surface area contributed by atoms with Crippen molar-refractivity contribution in [1.82, 2.24) is 9.97 Å². The van der Waals surface area contributed by atoms with E-state index in [0.29, 0.717) is 17.6 Å². The summed E-state index contributed by atoms with van der Waals surface area (Å²) in [6, 6.07) is 0. The van der Waals surface area contributed by atoms with E-state index in [1.165, 1.54) is 0 Å². The molecule has 0 fully saturated rings. The Morgan fingerprint density at radius 3 is 2.80 bits per heavy atom. The fourth-order valence-electron chi connectivity index (χ4n) is 1.36. The van der Waals surface area contributed by atoms with E-state index >= 15 is 0 Å². The largest absolute Gasteiger partial charge is 0.396 e. The lowest BCUT2D eigenvalue weighted by atomic mass is 10.0. The first-order valence-electron chi connectivity index (χ1n) is 5.19. The van der Waals surface area contributed by atoms with E-state index in [2.05, 4.69) is 22.2 Å². The maximum atomic E-state index is 8.84. The second-order valence-electron chi connectivity index (χ2n) is 3.46.